The van der Waals surface area contributed by atoms with Crippen LogP contribution in [0.3, 0.4) is 0 Å². The number of nitrogens with zero attached hydrogens (tertiary/aromatic N) is 1. The lowest BCUT2D eigenvalue weighted by molar-refractivity contribution is 0.0252. The van der Waals surface area contributed by atoms with Gasteiger partial charge in [-0.2, -0.15) is 0 Å². The van der Waals surface area contributed by atoms with Crippen LogP contribution in [0, 0.1) is 5.82 Å². The third-order valence-corrected chi connectivity index (χ3v) is 5.68. The van der Waals surface area contributed by atoms with Crippen LogP contribution in [0.25, 0.3) is 0 Å². The summed E-state index contributed by atoms with van der Waals surface area (Å²) in [4.78, 5) is 29.4. The summed E-state index contributed by atoms with van der Waals surface area (Å²) in [5, 5.41) is 2.87. The Hall–Kier alpha value is -4.52. The smallest absolute Gasteiger partial charge is 0.339 e. The lowest BCUT2D eigenvalue weighted by Gasteiger charge is -2.25. The van der Waals surface area contributed by atoms with Crippen molar-refractivity contribution in [2.75, 3.05) is 0 Å². The number of hydrogen-bond acceptors (Lipinski definition) is 5. The molecule has 1 aliphatic heterocycles. The van der Waals surface area contributed by atoms with E-state index in [1.807, 2.05) is 30.3 Å². The van der Waals surface area contributed by atoms with Gasteiger partial charge in [-0.15, -0.1) is 0 Å². The van der Waals surface area contributed by atoms with E-state index in [2.05, 4.69) is 10.3 Å². The Bertz CT molecular complexity index is 1370. The van der Waals surface area contributed by atoms with Crippen molar-refractivity contribution in [3.63, 3.8) is 0 Å². The Balaban J connectivity index is 1.22. The second-order valence-corrected chi connectivity index (χ2v) is 8.13. The molecule has 5 rings (SSSR count). The van der Waals surface area contributed by atoms with Crippen molar-refractivity contribution >= 4 is 11.9 Å². The van der Waals surface area contributed by atoms with E-state index in [0.717, 1.165) is 16.7 Å². The predicted octanol–water partition coefficient (Wildman–Crippen LogP) is 5.40. The van der Waals surface area contributed by atoms with E-state index in [-0.39, 0.29) is 18.6 Å². The first-order valence-corrected chi connectivity index (χ1v) is 11.1. The third kappa shape index (κ3) is 5.19. The quantitative estimate of drug-likeness (QED) is 0.384. The van der Waals surface area contributed by atoms with E-state index in [9.17, 15) is 14.0 Å². The van der Waals surface area contributed by atoms with Crippen LogP contribution in [-0.2, 0) is 17.7 Å². The fourth-order valence-corrected chi connectivity index (χ4v) is 3.90. The van der Waals surface area contributed by atoms with Crippen LogP contribution in [-0.4, -0.2) is 16.9 Å². The van der Waals surface area contributed by atoms with Gasteiger partial charge >= 0.3 is 5.97 Å². The van der Waals surface area contributed by atoms with Crippen molar-refractivity contribution in [3.05, 3.63) is 125 Å². The number of halogens is 1. The van der Waals surface area contributed by atoms with Crippen LogP contribution in [0.2, 0.25) is 0 Å². The number of carbonyl (C=O) groups excluding carboxylic acids is 2. The van der Waals surface area contributed by atoms with Crippen LogP contribution in [0.1, 0.15) is 43.5 Å². The molecule has 1 unspecified atom stereocenters. The zero-order valence-electron chi connectivity index (χ0n) is 18.6. The number of carbonyl (C=O) groups is 2. The molecule has 0 spiro atoms. The number of hydrogen-bond donors (Lipinski definition) is 1. The van der Waals surface area contributed by atoms with Gasteiger partial charge in [-0.3, -0.25) is 4.79 Å². The third-order valence-electron chi connectivity index (χ3n) is 5.68. The normalized spacial score (nSPS) is 14.5. The van der Waals surface area contributed by atoms with Crippen molar-refractivity contribution in [3.8, 4) is 11.6 Å². The Labute approximate surface area is 201 Å². The molecule has 174 valence electrons. The van der Waals surface area contributed by atoms with E-state index >= 15 is 0 Å². The molecule has 2 heterocycles. The van der Waals surface area contributed by atoms with Gasteiger partial charge in [0.1, 0.15) is 17.7 Å². The molecule has 3 aromatic carbocycles. The highest BCUT2D eigenvalue weighted by atomic mass is 19.1. The number of cyclic esters (lactones) is 1. The van der Waals surface area contributed by atoms with Gasteiger partial charge < -0.3 is 14.8 Å². The van der Waals surface area contributed by atoms with Gasteiger partial charge in [0.15, 0.2) is 0 Å². The minimum Gasteiger partial charge on any atom is -0.454 e. The van der Waals surface area contributed by atoms with Crippen LogP contribution in [0.4, 0.5) is 4.39 Å². The molecule has 0 bridgehead atoms. The topological polar surface area (TPSA) is 77.5 Å². The molecule has 0 saturated carbocycles. The molecule has 7 heteroatoms. The highest BCUT2D eigenvalue weighted by Gasteiger charge is 2.28. The summed E-state index contributed by atoms with van der Waals surface area (Å²) < 4.78 is 24.4. The fourth-order valence-electron chi connectivity index (χ4n) is 3.90. The SMILES string of the molecule is O=C(NCc1ccc(Oc2cccc(F)c2)nc1)c1ccc2c(c1)CC(c1ccccc1)OC2=O. The molecule has 0 fully saturated rings. The first kappa shape index (κ1) is 22.3. The lowest BCUT2D eigenvalue weighted by atomic mass is 9.93. The minimum atomic E-state index is -0.392. The number of esters is 1. The number of fused-ring (bicyclic) bond motifs is 1. The van der Waals surface area contributed by atoms with E-state index in [4.69, 9.17) is 9.47 Å². The summed E-state index contributed by atoms with van der Waals surface area (Å²) in [7, 11) is 0. The Morgan fingerprint density at radius 3 is 2.66 bits per heavy atom. The molecule has 1 aromatic heterocycles. The number of amides is 1. The van der Waals surface area contributed by atoms with Crippen molar-refractivity contribution in [1.29, 1.82) is 0 Å². The van der Waals surface area contributed by atoms with Gasteiger partial charge in [0.25, 0.3) is 5.91 Å². The second-order valence-electron chi connectivity index (χ2n) is 8.13. The number of ether oxygens (including phenoxy) is 2. The van der Waals surface area contributed by atoms with Gasteiger partial charge in [0.05, 0.1) is 5.56 Å². The van der Waals surface area contributed by atoms with E-state index in [1.54, 1.807) is 48.7 Å². The van der Waals surface area contributed by atoms with Crippen LogP contribution < -0.4 is 10.1 Å². The van der Waals surface area contributed by atoms with Gasteiger partial charge in [-0.1, -0.05) is 42.5 Å². The van der Waals surface area contributed by atoms with Crippen molar-refractivity contribution < 1.29 is 23.5 Å². The minimum absolute atomic E-state index is 0.261. The highest BCUT2D eigenvalue weighted by Crippen LogP contribution is 2.31. The van der Waals surface area contributed by atoms with E-state index in [1.165, 1.54) is 12.1 Å². The monoisotopic (exact) mass is 468 g/mol. The molecule has 1 aliphatic rings. The van der Waals surface area contributed by atoms with E-state index in [0.29, 0.717) is 29.2 Å². The molecule has 0 radical (unpaired) electrons. The maximum absolute atomic E-state index is 13.3. The van der Waals surface area contributed by atoms with Crippen LogP contribution in [0.5, 0.6) is 11.6 Å². The number of rotatable bonds is 6. The summed E-state index contributed by atoms with van der Waals surface area (Å²) in [5.74, 6) is -0.372. The van der Waals surface area contributed by atoms with Gasteiger partial charge in [-0.05, 0) is 47.0 Å². The number of benzene rings is 3. The molecule has 1 atom stereocenters. The Morgan fingerprint density at radius 2 is 1.89 bits per heavy atom. The van der Waals surface area contributed by atoms with Crippen molar-refractivity contribution in [2.45, 2.75) is 19.1 Å². The first-order chi connectivity index (χ1) is 17.0. The maximum atomic E-state index is 13.3. The predicted molar refractivity (Wildman–Crippen MR) is 127 cm³/mol. The zero-order chi connectivity index (χ0) is 24.2. The average molecular weight is 468 g/mol. The highest BCUT2D eigenvalue weighted by molar-refractivity contribution is 5.97. The summed E-state index contributed by atoms with van der Waals surface area (Å²) in [5.41, 5.74) is 3.41. The average Bonchev–Trinajstić information content (AvgIpc) is 2.88. The molecule has 1 amide bonds. The summed E-state index contributed by atoms with van der Waals surface area (Å²) in [6, 6.07) is 23.8. The van der Waals surface area contributed by atoms with Crippen molar-refractivity contribution in [1.82, 2.24) is 10.3 Å². The largest absolute Gasteiger partial charge is 0.454 e. The summed E-state index contributed by atoms with van der Waals surface area (Å²) in [6.45, 7) is 0.262. The maximum Gasteiger partial charge on any atom is 0.339 e. The molecular formula is C28H21FN2O4. The number of aromatic nitrogens is 1. The van der Waals surface area contributed by atoms with Crippen LogP contribution in [0.15, 0.2) is 91.1 Å². The molecule has 35 heavy (non-hydrogen) atoms. The first-order valence-electron chi connectivity index (χ1n) is 11.1. The molecular weight excluding hydrogens is 447 g/mol. The molecule has 0 saturated heterocycles. The van der Waals surface area contributed by atoms with Gasteiger partial charge in [0.2, 0.25) is 5.88 Å². The second kappa shape index (κ2) is 9.77. The van der Waals surface area contributed by atoms with E-state index < -0.39 is 11.8 Å². The zero-order valence-corrected chi connectivity index (χ0v) is 18.6. The Kier molecular flexibility index (Phi) is 6.22. The molecule has 0 aliphatic carbocycles. The molecule has 6 nitrogen and oxygen atoms in total. The standard InChI is InChI=1S/C28H21FN2O4/c29-22-7-4-8-23(15-22)34-26-12-9-18(16-30-26)17-31-27(32)20-10-11-24-21(13-20)14-25(35-28(24)33)19-5-2-1-3-6-19/h1-13,15-16,25H,14,17H2,(H,31,32). The van der Waals surface area contributed by atoms with Crippen LogP contribution >= 0.6 is 0 Å². The Morgan fingerprint density at radius 1 is 1.03 bits per heavy atom. The lowest BCUT2D eigenvalue weighted by Crippen LogP contribution is -2.25. The van der Waals surface area contributed by atoms with Gasteiger partial charge in [0, 0.05) is 36.9 Å². The van der Waals surface area contributed by atoms with Gasteiger partial charge in [-0.25, -0.2) is 14.2 Å². The number of nitrogens with one attached hydrogen (secondary N) is 1. The molecule has 4 aromatic rings. The summed E-state index contributed by atoms with van der Waals surface area (Å²) in [6.07, 6.45) is 1.71. The molecule has 1 N–H and O–H groups in total. The number of pyridine rings is 1. The van der Waals surface area contributed by atoms with Crippen molar-refractivity contribution in [2.24, 2.45) is 0 Å². The summed E-state index contributed by atoms with van der Waals surface area (Å²) >= 11 is 0. The fraction of sp³-hybridized carbons (Fsp3) is 0.107.